The van der Waals surface area contributed by atoms with Gasteiger partial charge in [-0.3, -0.25) is 4.79 Å². The number of para-hydroxylation sites is 1. The maximum absolute atomic E-state index is 12.0. The molecule has 1 N–H and O–H groups in total. The van der Waals surface area contributed by atoms with E-state index in [1.54, 1.807) is 12.3 Å². The molecule has 0 bridgehead atoms. The molecule has 4 heteroatoms. The predicted octanol–water partition coefficient (Wildman–Crippen LogP) is 3.31. The molecular formula is C18H15N3O. The van der Waals surface area contributed by atoms with E-state index in [0.29, 0.717) is 11.3 Å². The SMILES string of the molecule is Cc1cccc(C(=O)NN=Cc2ccc3ccccc3n2)c1. The molecule has 2 aromatic carbocycles. The first kappa shape index (κ1) is 13.9. The minimum absolute atomic E-state index is 0.235. The zero-order valence-corrected chi connectivity index (χ0v) is 12.2. The van der Waals surface area contributed by atoms with E-state index in [9.17, 15) is 4.79 Å². The Morgan fingerprint density at radius 1 is 1.09 bits per heavy atom. The molecule has 0 spiro atoms. The number of rotatable bonds is 3. The van der Waals surface area contributed by atoms with Gasteiger partial charge in [0.25, 0.3) is 5.91 Å². The topological polar surface area (TPSA) is 54.4 Å². The van der Waals surface area contributed by atoms with Gasteiger partial charge in [0.15, 0.2) is 0 Å². The van der Waals surface area contributed by atoms with Crippen molar-refractivity contribution in [1.82, 2.24) is 10.4 Å². The van der Waals surface area contributed by atoms with Crippen LogP contribution in [-0.4, -0.2) is 17.1 Å². The maximum Gasteiger partial charge on any atom is 0.271 e. The van der Waals surface area contributed by atoms with E-state index in [4.69, 9.17) is 0 Å². The lowest BCUT2D eigenvalue weighted by Gasteiger charge is -2.01. The average Bonchev–Trinajstić information content (AvgIpc) is 2.54. The lowest BCUT2D eigenvalue weighted by Crippen LogP contribution is -2.17. The number of pyridine rings is 1. The molecule has 0 radical (unpaired) electrons. The standard InChI is InChI=1S/C18H15N3O/c1-13-5-4-7-15(11-13)18(22)21-19-12-16-10-9-14-6-2-3-8-17(14)20-16/h2-12H,1H3,(H,21,22). The van der Waals surface area contributed by atoms with Crippen LogP contribution >= 0.6 is 0 Å². The van der Waals surface area contributed by atoms with Crippen LogP contribution in [0, 0.1) is 6.92 Å². The molecule has 0 saturated heterocycles. The zero-order chi connectivity index (χ0) is 15.4. The van der Waals surface area contributed by atoms with Crippen LogP contribution in [0.1, 0.15) is 21.6 Å². The summed E-state index contributed by atoms with van der Waals surface area (Å²) in [4.78, 5) is 16.4. The third-order valence-corrected chi connectivity index (χ3v) is 3.26. The highest BCUT2D eigenvalue weighted by atomic mass is 16.2. The normalized spacial score (nSPS) is 11.0. The second-order valence-corrected chi connectivity index (χ2v) is 5.00. The molecule has 4 nitrogen and oxygen atoms in total. The van der Waals surface area contributed by atoms with Gasteiger partial charge in [-0.2, -0.15) is 5.10 Å². The van der Waals surface area contributed by atoms with Gasteiger partial charge in [0.1, 0.15) is 0 Å². The highest BCUT2D eigenvalue weighted by Crippen LogP contribution is 2.10. The summed E-state index contributed by atoms with van der Waals surface area (Å²) in [5, 5.41) is 5.04. The molecule has 0 aliphatic rings. The Labute approximate surface area is 128 Å². The quantitative estimate of drug-likeness (QED) is 0.594. The van der Waals surface area contributed by atoms with Crippen molar-refractivity contribution in [3.8, 4) is 0 Å². The molecule has 22 heavy (non-hydrogen) atoms. The molecular weight excluding hydrogens is 274 g/mol. The van der Waals surface area contributed by atoms with E-state index in [2.05, 4.69) is 15.5 Å². The fourth-order valence-corrected chi connectivity index (χ4v) is 2.16. The Balaban J connectivity index is 1.72. The van der Waals surface area contributed by atoms with Gasteiger partial charge in [0.2, 0.25) is 0 Å². The lowest BCUT2D eigenvalue weighted by atomic mass is 10.1. The predicted molar refractivity (Wildman–Crippen MR) is 88.0 cm³/mol. The molecule has 0 saturated carbocycles. The largest absolute Gasteiger partial charge is 0.271 e. The highest BCUT2D eigenvalue weighted by Gasteiger charge is 2.03. The van der Waals surface area contributed by atoms with Crippen molar-refractivity contribution >= 4 is 23.0 Å². The summed E-state index contributed by atoms with van der Waals surface area (Å²) in [6.45, 7) is 1.94. The molecule has 108 valence electrons. The second-order valence-electron chi connectivity index (χ2n) is 5.00. The number of nitrogens with zero attached hydrogens (tertiary/aromatic N) is 2. The van der Waals surface area contributed by atoms with Gasteiger partial charge in [0, 0.05) is 10.9 Å². The first-order valence-corrected chi connectivity index (χ1v) is 6.98. The summed E-state index contributed by atoms with van der Waals surface area (Å²) >= 11 is 0. The number of aromatic nitrogens is 1. The van der Waals surface area contributed by atoms with Gasteiger partial charge in [-0.25, -0.2) is 10.4 Å². The molecule has 3 aromatic rings. The number of hydrazone groups is 1. The fourth-order valence-electron chi connectivity index (χ4n) is 2.16. The van der Waals surface area contributed by atoms with Crippen LogP contribution in [-0.2, 0) is 0 Å². The Hall–Kier alpha value is -3.01. The summed E-state index contributed by atoms with van der Waals surface area (Å²) < 4.78 is 0. The van der Waals surface area contributed by atoms with Crippen LogP contribution in [0.2, 0.25) is 0 Å². The number of carbonyl (C=O) groups excluding carboxylic acids is 1. The van der Waals surface area contributed by atoms with Crippen LogP contribution in [0.5, 0.6) is 0 Å². The van der Waals surface area contributed by atoms with Gasteiger partial charge < -0.3 is 0 Å². The number of hydrogen-bond donors (Lipinski definition) is 1. The van der Waals surface area contributed by atoms with Crippen LogP contribution < -0.4 is 5.43 Å². The molecule has 0 fully saturated rings. The molecule has 0 aliphatic carbocycles. The lowest BCUT2D eigenvalue weighted by molar-refractivity contribution is 0.0955. The summed E-state index contributed by atoms with van der Waals surface area (Å²) in [6, 6.07) is 19.1. The van der Waals surface area contributed by atoms with Gasteiger partial charge in [-0.1, -0.05) is 42.0 Å². The Bertz CT molecular complexity index is 856. The molecule has 1 aromatic heterocycles. The third-order valence-electron chi connectivity index (χ3n) is 3.26. The van der Waals surface area contributed by atoms with Crippen molar-refractivity contribution in [2.75, 3.05) is 0 Å². The van der Waals surface area contributed by atoms with E-state index in [1.807, 2.05) is 61.5 Å². The summed E-state index contributed by atoms with van der Waals surface area (Å²) in [5.74, 6) is -0.235. The van der Waals surface area contributed by atoms with Gasteiger partial charge in [-0.05, 0) is 31.2 Å². The zero-order valence-electron chi connectivity index (χ0n) is 12.2. The van der Waals surface area contributed by atoms with Crippen molar-refractivity contribution in [3.63, 3.8) is 0 Å². The smallest absolute Gasteiger partial charge is 0.267 e. The number of carbonyl (C=O) groups is 1. The van der Waals surface area contributed by atoms with Crippen molar-refractivity contribution in [1.29, 1.82) is 0 Å². The minimum atomic E-state index is -0.235. The fraction of sp³-hybridized carbons (Fsp3) is 0.0556. The minimum Gasteiger partial charge on any atom is -0.267 e. The van der Waals surface area contributed by atoms with Crippen LogP contribution in [0.3, 0.4) is 0 Å². The van der Waals surface area contributed by atoms with Gasteiger partial charge in [-0.15, -0.1) is 0 Å². The van der Waals surface area contributed by atoms with E-state index in [1.165, 1.54) is 0 Å². The van der Waals surface area contributed by atoms with Gasteiger partial charge in [0.05, 0.1) is 17.4 Å². The molecule has 3 rings (SSSR count). The van der Waals surface area contributed by atoms with Crippen molar-refractivity contribution < 1.29 is 4.79 Å². The van der Waals surface area contributed by atoms with Crippen LogP contribution in [0.4, 0.5) is 0 Å². The number of amides is 1. The summed E-state index contributed by atoms with van der Waals surface area (Å²) in [6.07, 6.45) is 1.54. The number of benzene rings is 2. The molecule has 0 aliphatic heterocycles. The average molecular weight is 289 g/mol. The van der Waals surface area contributed by atoms with Crippen molar-refractivity contribution in [2.24, 2.45) is 5.10 Å². The molecule has 1 heterocycles. The molecule has 0 atom stereocenters. The van der Waals surface area contributed by atoms with Crippen LogP contribution in [0.15, 0.2) is 65.8 Å². The van der Waals surface area contributed by atoms with Crippen molar-refractivity contribution in [2.45, 2.75) is 6.92 Å². The Kier molecular flexibility index (Phi) is 3.92. The summed E-state index contributed by atoms with van der Waals surface area (Å²) in [7, 11) is 0. The first-order chi connectivity index (χ1) is 10.7. The third kappa shape index (κ3) is 3.17. The first-order valence-electron chi connectivity index (χ1n) is 6.98. The van der Waals surface area contributed by atoms with E-state index >= 15 is 0 Å². The maximum atomic E-state index is 12.0. The second kappa shape index (κ2) is 6.18. The van der Waals surface area contributed by atoms with E-state index in [0.717, 1.165) is 16.5 Å². The van der Waals surface area contributed by atoms with Crippen molar-refractivity contribution in [3.05, 3.63) is 77.5 Å². The van der Waals surface area contributed by atoms with E-state index < -0.39 is 0 Å². The number of hydrogen-bond acceptors (Lipinski definition) is 3. The number of nitrogens with one attached hydrogen (secondary N) is 1. The highest BCUT2D eigenvalue weighted by molar-refractivity contribution is 5.95. The monoisotopic (exact) mass is 289 g/mol. The Morgan fingerprint density at radius 3 is 2.82 bits per heavy atom. The molecule has 0 unspecified atom stereocenters. The Morgan fingerprint density at radius 2 is 1.95 bits per heavy atom. The number of fused-ring (bicyclic) bond motifs is 1. The van der Waals surface area contributed by atoms with Crippen LogP contribution in [0.25, 0.3) is 10.9 Å². The van der Waals surface area contributed by atoms with Gasteiger partial charge >= 0.3 is 0 Å². The summed E-state index contributed by atoms with van der Waals surface area (Å²) in [5.41, 5.74) is 5.73. The van der Waals surface area contributed by atoms with E-state index in [-0.39, 0.29) is 5.91 Å². The molecule has 1 amide bonds. The number of aryl methyl sites for hydroxylation is 1.